The summed E-state index contributed by atoms with van der Waals surface area (Å²) in [6.07, 6.45) is 3.93. The lowest BCUT2D eigenvalue weighted by Gasteiger charge is -2.37. The monoisotopic (exact) mass is 456 g/mol. The standard InChI is InChI=1S/C22H24N4O5S/c27-19(15-32-21-23-9-4-10-24-21)25-11-7-17(8-12-25)26-18(14-31-22(26)29)20(28)30-13-16-5-2-1-3-6-16/h1-6,9-10,17-18H,7-8,11-15H2/t18-/m0/s1. The van der Waals surface area contributed by atoms with Crippen LogP contribution in [-0.2, 0) is 25.7 Å². The highest BCUT2D eigenvalue weighted by atomic mass is 32.2. The van der Waals surface area contributed by atoms with Crippen LogP contribution >= 0.6 is 11.8 Å². The normalized spacial score (nSPS) is 19.0. The summed E-state index contributed by atoms with van der Waals surface area (Å²) in [5.74, 6) is -0.212. The summed E-state index contributed by atoms with van der Waals surface area (Å²) in [6.45, 7) is 1.15. The Bertz CT molecular complexity index is 938. The molecule has 2 fully saturated rings. The van der Waals surface area contributed by atoms with Crippen molar-refractivity contribution < 1.29 is 23.9 Å². The van der Waals surface area contributed by atoms with Crippen molar-refractivity contribution >= 4 is 29.7 Å². The van der Waals surface area contributed by atoms with Gasteiger partial charge in [0.25, 0.3) is 0 Å². The number of amides is 2. The Morgan fingerprint density at radius 3 is 2.53 bits per heavy atom. The number of hydrogen-bond acceptors (Lipinski definition) is 8. The van der Waals surface area contributed by atoms with Crippen molar-refractivity contribution in [3.8, 4) is 0 Å². The lowest BCUT2D eigenvalue weighted by atomic mass is 10.0. The van der Waals surface area contributed by atoms with Crippen LogP contribution in [0.4, 0.5) is 4.79 Å². The van der Waals surface area contributed by atoms with Crippen molar-refractivity contribution in [1.82, 2.24) is 19.8 Å². The molecule has 0 radical (unpaired) electrons. The maximum Gasteiger partial charge on any atom is 0.410 e. The summed E-state index contributed by atoms with van der Waals surface area (Å²) in [7, 11) is 0. The van der Waals surface area contributed by atoms with Gasteiger partial charge in [0.1, 0.15) is 13.2 Å². The molecule has 0 unspecified atom stereocenters. The molecular weight excluding hydrogens is 432 g/mol. The van der Waals surface area contributed by atoms with Crippen molar-refractivity contribution in [3.05, 3.63) is 54.4 Å². The second-order valence-electron chi connectivity index (χ2n) is 7.53. The number of thioether (sulfide) groups is 1. The Labute approximate surface area is 190 Å². The molecule has 1 atom stereocenters. The zero-order chi connectivity index (χ0) is 22.3. The van der Waals surface area contributed by atoms with E-state index in [2.05, 4.69) is 9.97 Å². The van der Waals surface area contributed by atoms with Crippen LogP contribution in [0.2, 0.25) is 0 Å². The first kappa shape index (κ1) is 22.1. The molecule has 3 heterocycles. The fourth-order valence-corrected chi connectivity index (χ4v) is 4.52. The van der Waals surface area contributed by atoms with Gasteiger partial charge in [-0.15, -0.1) is 0 Å². The zero-order valence-corrected chi connectivity index (χ0v) is 18.3. The smallest absolute Gasteiger partial charge is 0.410 e. The van der Waals surface area contributed by atoms with E-state index >= 15 is 0 Å². The van der Waals surface area contributed by atoms with Gasteiger partial charge in [0, 0.05) is 31.5 Å². The van der Waals surface area contributed by atoms with E-state index < -0.39 is 18.1 Å². The van der Waals surface area contributed by atoms with E-state index in [-0.39, 0.29) is 30.9 Å². The lowest BCUT2D eigenvalue weighted by Crippen LogP contribution is -2.52. The van der Waals surface area contributed by atoms with Gasteiger partial charge >= 0.3 is 12.1 Å². The first-order valence-electron chi connectivity index (χ1n) is 10.4. The first-order chi connectivity index (χ1) is 15.6. The van der Waals surface area contributed by atoms with Crippen LogP contribution in [0.15, 0.2) is 53.9 Å². The minimum atomic E-state index is -0.760. The van der Waals surface area contributed by atoms with Gasteiger partial charge in [-0.1, -0.05) is 42.1 Å². The van der Waals surface area contributed by atoms with Crippen LogP contribution < -0.4 is 0 Å². The molecule has 4 rings (SSSR count). The number of hydrogen-bond donors (Lipinski definition) is 0. The Balaban J connectivity index is 1.28. The second-order valence-corrected chi connectivity index (χ2v) is 8.47. The molecule has 2 aliphatic rings. The highest BCUT2D eigenvalue weighted by Crippen LogP contribution is 2.25. The highest BCUT2D eigenvalue weighted by molar-refractivity contribution is 7.99. The Hall–Kier alpha value is -3.14. The topological polar surface area (TPSA) is 102 Å². The van der Waals surface area contributed by atoms with E-state index in [1.54, 1.807) is 23.4 Å². The summed E-state index contributed by atoms with van der Waals surface area (Å²) < 4.78 is 10.6. The maximum absolute atomic E-state index is 12.6. The minimum absolute atomic E-state index is 0.00345. The number of rotatable bonds is 7. The van der Waals surface area contributed by atoms with Gasteiger partial charge in [0.05, 0.1) is 5.75 Å². The van der Waals surface area contributed by atoms with Gasteiger partial charge in [-0.25, -0.2) is 19.6 Å². The largest absolute Gasteiger partial charge is 0.459 e. The summed E-state index contributed by atoms with van der Waals surface area (Å²) in [5.41, 5.74) is 0.878. The average Bonchev–Trinajstić information content (AvgIpc) is 3.24. The third-order valence-corrected chi connectivity index (χ3v) is 6.34. The van der Waals surface area contributed by atoms with Crippen LogP contribution in [0.5, 0.6) is 0 Å². The molecule has 9 nitrogen and oxygen atoms in total. The predicted molar refractivity (Wildman–Crippen MR) is 116 cm³/mol. The molecule has 1 aromatic heterocycles. The molecule has 2 saturated heterocycles. The molecule has 1 aromatic carbocycles. The van der Waals surface area contributed by atoms with Gasteiger partial charge in [0.15, 0.2) is 11.2 Å². The number of likely N-dealkylation sites (tertiary alicyclic amines) is 1. The van der Waals surface area contributed by atoms with Crippen molar-refractivity contribution in [3.63, 3.8) is 0 Å². The van der Waals surface area contributed by atoms with Crippen LogP contribution in [0.25, 0.3) is 0 Å². The van der Waals surface area contributed by atoms with Crippen molar-refractivity contribution in [1.29, 1.82) is 0 Å². The molecule has 2 aliphatic heterocycles. The number of piperidine rings is 1. The van der Waals surface area contributed by atoms with E-state index in [0.29, 0.717) is 31.1 Å². The van der Waals surface area contributed by atoms with E-state index in [1.165, 1.54) is 16.7 Å². The van der Waals surface area contributed by atoms with Crippen molar-refractivity contribution in [2.45, 2.75) is 36.7 Å². The van der Waals surface area contributed by atoms with Gasteiger partial charge in [-0.05, 0) is 24.5 Å². The van der Waals surface area contributed by atoms with Gasteiger partial charge in [-0.3, -0.25) is 9.69 Å². The van der Waals surface area contributed by atoms with E-state index in [1.807, 2.05) is 30.3 Å². The molecule has 0 N–H and O–H groups in total. The third-order valence-electron chi connectivity index (χ3n) is 5.48. The SMILES string of the molecule is O=C(OCc1ccccc1)[C@@H]1COC(=O)N1C1CCN(C(=O)CSc2ncccn2)CC1. The van der Waals surface area contributed by atoms with Crippen molar-refractivity contribution in [2.24, 2.45) is 0 Å². The molecule has 0 saturated carbocycles. The number of esters is 1. The molecule has 168 valence electrons. The van der Waals surface area contributed by atoms with Crippen LogP contribution in [-0.4, -0.2) is 75.3 Å². The summed E-state index contributed by atoms with van der Waals surface area (Å²) in [5, 5.41) is 0.562. The van der Waals surface area contributed by atoms with E-state index in [4.69, 9.17) is 9.47 Å². The first-order valence-corrected chi connectivity index (χ1v) is 11.4. The number of carbonyl (C=O) groups is 3. The van der Waals surface area contributed by atoms with E-state index in [9.17, 15) is 14.4 Å². The van der Waals surface area contributed by atoms with Crippen molar-refractivity contribution in [2.75, 3.05) is 25.4 Å². The highest BCUT2D eigenvalue weighted by Gasteiger charge is 2.44. The lowest BCUT2D eigenvalue weighted by molar-refractivity contribution is -0.150. The molecule has 10 heteroatoms. The molecule has 2 aromatic rings. The van der Waals surface area contributed by atoms with Gasteiger partial charge < -0.3 is 14.4 Å². The second kappa shape index (κ2) is 10.4. The molecule has 0 spiro atoms. The summed E-state index contributed by atoms with van der Waals surface area (Å²) in [6, 6.07) is 10.2. The van der Waals surface area contributed by atoms with E-state index in [0.717, 1.165) is 5.56 Å². The molecule has 0 aliphatic carbocycles. The zero-order valence-electron chi connectivity index (χ0n) is 17.5. The number of ether oxygens (including phenoxy) is 2. The maximum atomic E-state index is 12.6. The Morgan fingerprint density at radius 1 is 1.09 bits per heavy atom. The Kier molecular flexibility index (Phi) is 7.21. The molecule has 2 amide bonds. The summed E-state index contributed by atoms with van der Waals surface area (Å²) in [4.78, 5) is 49.0. The number of carbonyl (C=O) groups excluding carboxylic acids is 3. The minimum Gasteiger partial charge on any atom is -0.459 e. The number of nitrogens with zero attached hydrogens (tertiary/aromatic N) is 4. The Morgan fingerprint density at radius 2 is 1.81 bits per heavy atom. The molecule has 32 heavy (non-hydrogen) atoms. The average molecular weight is 457 g/mol. The van der Waals surface area contributed by atoms with Gasteiger partial charge in [-0.2, -0.15) is 0 Å². The number of aromatic nitrogens is 2. The molecular formula is C22H24N4O5S. The fraction of sp³-hybridized carbons (Fsp3) is 0.409. The van der Waals surface area contributed by atoms with Crippen LogP contribution in [0.3, 0.4) is 0 Å². The number of benzene rings is 1. The fourth-order valence-electron chi connectivity index (χ4n) is 3.81. The quantitative estimate of drug-likeness (QED) is 0.355. The predicted octanol–water partition coefficient (Wildman–Crippen LogP) is 2.12. The van der Waals surface area contributed by atoms with Crippen LogP contribution in [0.1, 0.15) is 18.4 Å². The van der Waals surface area contributed by atoms with Gasteiger partial charge in [0.2, 0.25) is 5.91 Å². The summed E-state index contributed by atoms with van der Waals surface area (Å²) >= 11 is 1.30. The molecule has 0 bridgehead atoms. The third kappa shape index (κ3) is 5.37. The number of cyclic esters (lactones) is 1. The van der Waals surface area contributed by atoms with Crippen LogP contribution in [0, 0.1) is 0 Å².